The topological polar surface area (TPSA) is 29.1 Å². The van der Waals surface area contributed by atoms with Crippen molar-refractivity contribution in [1.82, 2.24) is 5.32 Å². The Hall–Kier alpha value is -1.93. The number of Topliss-reactive ketones (excluding diaryl/α,β-unsaturated/α-hetero) is 1. The van der Waals surface area contributed by atoms with E-state index in [4.69, 9.17) is 0 Å². The molecule has 2 nitrogen and oxygen atoms in total. The summed E-state index contributed by atoms with van der Waals surface area (Å²) in [5.74, 6) is 0.153. The second-order valence-electron chi connectivity index (χ2n) is 4.89. The van der Waals surface area contributed by atoms with E-state index in [9.17, 15) is 4.79 Å². The third-order valence-electron chi connectivity index (χ3n) is 3.40. The lowest BCUT2D eigenvalue weighted by Crippen LogP contribution is -2.25. The molecule has 0 spiro atoms. The molecule has 2 aromatic carbocycles. The van der Waals surface area contributed by atoms with Crippen molar-refractivity contribution in [3.63, 3.8) is 0 Å². The number of hydrogen-bond acceptors (Lipinski definition) is 2. The fraction of sp³-hybridized carbons (Fsp3) is 0.278. The van der Waals surface area contributed by atoms with Gasteiger partial charge in [-0.1, -0.05) is 61.5 Å². The Morgan fingerprint density at radius 2 is 1.65 bits per heavy atom. The van der Waals surface area contributed by atoms with Gasteiger partial charge in [0.1, 0.15) is 0 Å². The number of nitrogens with one attached hydrogen (secondary N) is 1. The van der Waals surface area contributed by atoms with Gasteiger partial charge in [0.2, 0.25) is 0 Å². The van der Waals surface area contributed by atoms with E-state index in [1.165, 1.54) is 11.1 Å². The Bertz CT molecular complexity index is 531. The standard InChI is InChI=1S/C18H21NO/c1-2-15-8-10-17(11-9-15)18(20)14-19-13-12-16-6-4-3-5-7-16/h3-11,19H,2,12-14H2,1H3. The largest absolute Gasteiger partial charge is 0.309 e. The van der Waals surface area contributed by atoms with Crippen LogP contribution in [0.1, 0.15) is 28.4 Å². The van der Waals surface area contributed by atoms with E-state index in [0.717, 1.165) is 24.9 Å². The Balaban J connectivity index is 1.74. The molecule has 0 aromatic heterocycles. The Labute approximate surface area is 120 Å². The van der Waals surface area contributed by atoms with Gasteiger partial charge in [-0.2, -0.15) is 0 Å². The maximum absolute atomic E-state index is 12.0. The first-order valence-electron chi connectivity index (χ1n) is 7.16. The lowest BCUT2D eigenvalue weighted by atomic mass is 10.1. The highest BCUT2D eigenvalue weighted by molar-refractivity contribution is 5.97. The molecule has 2 aromatic rings. The van der Waals surface area contributed by atoms with Crippen molar-refractivity contribution in [3.05, 3.63) is 71.3 Å². The van der Waals surface area contributed by atoms with Crippen LogP contribution in [0.2, 0.25) is 0 Å². The highest BCUT2D eigenvalue weighted by atomic mass is 16.1. The van der Waals surface area contributed by atoms with Crippen molar-refractivity contribution < 1.29 is 4.79 Å². The SMILES string of the molecule is CCc1ccc(C(=O)CNCCc2ccccc2)cc1. The first-order chi connectivity index (χ1) is 9.79. The van der Waals surface area contributed by atoms with Gasteiger partial charge in [0.15, 0.2) is 5.78 Å². The van der Waals surface area contributed by atoms with E-state index >= 15 is 0 Å². The molecule has 0 radical (unpaired) electrons. The minimum Gasteiger partial charge on any atom is -0.309 e. The molecule has 1 N–H and O–H groups in total. The van der Waals surface area contributed by atoms with Crippen LogP contribution in [-0.2, 0) is 12.8 Å². The first-order valence-corrected chi connectivity index (χ1v) is 7.16. The van der Waals surface area contributed by atoms with Gasteiger partial charge >= 0.3 is 0 Å². The Morgan fingerprint density at radius 1 is 0.950 bits per heavy atom. The van der Waals surface area contributed by atoms with E-state index in [0.29, 0.717) is 6.54 Å². The minimum absolute atomic E-state index is 0.153. The summed E-state index contributed by atoms with van der Waals surface area (Å²) in [6, 6.07) is 18.2. The molecule has 0 saturated carbocycles. The minimum atomic E-state index is 0.153. The van der Waals surface area contributed by atoms with Crippen LogP contribution < -0.4 is 5.32 Å². The second kappa shape index (κ2) is 7.61. The predicted molar refractivity (Wildman–Crippen MR) is 83.2 cm³/mol. The number of rotatable bonds is 7. The zero-order chi connectivity index (χ0) is 14.2. The van der Waals surface area contributed by atoms with Gasteiger partial charge in [0.25, 0.3) is 0 Å². The van der Waals surface area contributed by atoms with Crippen LogP contribution in [0.3, 0.4) is 0 Å². The highest BCUT2D eigenvalue weighted by Gasteiger charge is 2.04. The average molecular weight is 267 g/mol. The molecule has 104 valence electrons. The summed E-state index contributed by atoms with van der Waals surface area (Å²) in [6.07, 6.45) is 1.95. The van der Waals surface area contributed by atoms with Crippen LogP contribution in [0.4, 0.5) is 0 Å². The predicted octanol–water partition coefficient (Wildman–Crippen LogP) is 3.26. The summed E-state index contributed by atoms with van der Waals surface area (Å²) in [6.45, 7) is 3.34. The van der Waals surface area contributed by atoms with Crippen molar-refractivity contribution >= 4 is 5.78 Å². The number of carbonyl (C=O) groups is 1. The van der Waals surface area contributed by atoms with Gasteiger partial charge in [0, 0.05) is 5.56 Å². The van der Waals surface area contributed by atoms with E-state index in [2.05, 4.69) is 24.4 Å². The maximum atomic E-state index is 12.0. The first kappa shape index (κ1) is 14.5. The van der Waals surface area contributed by atoms with Crippen molar-refractivity contribution in [2.75, 3.05) is 13.1 Å². The van der Waals surface area contributed by atoms with Crippen LogP contribution in [-0.4, -0.2) is 18.9 Å². The van der Waals surface area contributed by atoms with Crippen molar-refractivity contribution in [1.29, 1.82) is 0 Å². The molecule has 0 heterocycles. The van der Waals surface area contributed by atoms with Crippen LogP contribution in [0.15, 0.2) is 54.6 Å². The van der Waals surface area contributed by atoms with Gasteiger partial charge in [-0.25, -0.2) is 0 Å². The van der Waals surface area contributed by atoms with Gasteiger partial charge in [0.05, 0.1) is 6.54 Å². The van der Waals surface area contributed by atoms with E-state index in [1.54, 1.807) is 0 Å². The molecule has 2 rings (SSSR count). The molecule has 0 bridgehead atoms. The van der Waals surface area contributed by atoms with Gasteiger partial charge in [-0.05, 0) is 30.5 Å². The summed E-state index contributed by atoms with van der Waals surface area (Å²) in [5.41, 5.74) is 3.34. The lowest BCUT2D eigenvalue weighted by molar-refractivity contribution is 0.0991. The zero-order valence-corrected chi connectivity index (χ0v) is 11.9. The van der Waals surface area contributed by atoms with Crippen LogP contribution in [0.25, 0.3) is 0 Å². The summed E-state index contributed by atoms with van der Waals surface area (Å²) in [7, 11) is 0. The molecule has 0 fully saturated rings. The number of ketones is 1. The van der Waals surface area contributed by atoms with Crippen LogP contribution in [0, 0.1) is 0 Å². The lowest BCUT2D eigenvalue weighted by Gasteiger charge is -2.05. The summed E-state index contributed by atoms with van der Waals surface area (Å²) >= 11 is 0. The number of hydrogen-bond donors (Lipinski definition) is 1. The molecule has 0 aliphatic rings. The smallest absolute Gasteiger partial charge is 0.176 e. The van der Waals surface area contributed by atoms with E-state index < -0.39 is 0 Å². The third-order valence-corrected chi connectivity index (χ3v) is 3.40. The van der Waals surface area contributed by atoms with Gasteiger partial charge in [-0.15, -0.1) is 0 Å². The average Bonchev–Trinajstić information content (AvgIpc) is 2.52. The van der Waals surface area contributed by atoms with Crippen LogP contribution >= 0.6 is 0 Å². The Morgan fingerprint density at radius 3 is 2.30 bits per heavy atom. The molecular weight excluding hydrogens is 246 g/mol. The molecule has 0 saturated heterocycles. The quantitative estimate of drug-likeness (QED) is 0.616. The molecule has 0 unspecified atom stereocenters. The molecule has 0 amide bonds. The molecule has 20 heavy (non-hydrogen) atoms. The Kier molecular flexibility index (Phi) is 5.51. The van der Waals surface area contributed by atoms with Crippen molar-refractivity contribution in [3.8, 4) is 0 Å². The van der Waals surface area contributed by atoms with Crippen LogP contribution in [0.5, 0.6) is 0 Å². The molecule has 0 aliphatic carbocycles. The molecular formula is C18H21NO. The number of carbonyl (C=O) groups excluding carboxylic acids is 1. The fourth-order valence-electron chi connectivity index (χ4n) is 2.11. The number of benzene rings is 2. The van der Waals surface area contributed by atoms with Gasteiger partial charge < -0.3 is 5.32 Å². The molecule has 2 heteroatoms. The summed E-state index contributed by atoms with van der Waals surface area (Å²) in [4.78, 5) is 12.0. The highest BCUT2D eigenvalue weighted by Crippen LogP contribution is 2.05. The zero-order valence-electron chi connectivity index (χ0n) is 11.9. The number of aryl methyl sites for hydroxylation is 1. The molecule has 0 atom stereocenters. The van der Waals surface area contributed by atoms with Gasteiger partial charge in [-0.3, -0.25) is 4.79 Å². The van der Waals surface area contributed by atoms with E-state index in [1.807, 2.05) is 42.5 Å². The normalized spacial score (nSPS) is 10.4. The van der Waals surface area contributed by atoms with Crippen molar-refractivity contribution in [2.24, 2.45) is 0 Å². The summed E-state index contributed by atoms with van der Waals surface area (Å²) < 4.78 is 0. The molecule has 0 aliphatic heterocycles. The fourth-order valence-corrected chi connectivity index (χ4v) is 2.11. The maximum Gasteiger partial charge on any atom is 0.176 e. The second-order valence-corrected chi connectivity index (χ2v) is 4.89. The third kappa shape index (κ3) is 4.32. The monoisotopic (exact) mass is 267 g/mol. The van der Waals surface area contributed by atoms with E-state index in [-0.39, 0.29) is 5.78 Å². The summed E-state index contributed by atoms with van der Waals surface area (Å²) in [5, 5.41) is 3.21. The van der Waals surface area contributed by atoms with Crippen molar-refractivity contribution in [2.45, 2.75) is 19.8 Å².